The summed E-state index contributed by atoms with van der Waals surface area (Å²) in [4.78, 5) is 38.4. The maximum atomic E-state index is 12.2. The first-order valence-electron chi connectivity index (χ1n) is 12.8. The summed E-state index contributed by atoms with van der Waals surface area (Å²) in [5.41, 5.74) is 2.50. The molecule has 2 fully saturated rings. The quantitative estimate of drug-likeness (QED) is 0.570. The van der Waals surface area contributed by atoms with Gasteiger partial charge in [-0.2, -0.15) is 4.98 Å². The average molecular weight is 469 g/mol. The predicted octanol–water partition coefficient (Wildman–Crippen LogP) is 3.10. The van der Waals surface area contributed by atoms with Gasteiger partial charge in [-0.25, -0.2) is 4.98 Å². The van der Waals surface area contributed by atoms with Crippen molar-refractivity contribution < 1.29 is 9.59 Å². The second-order valence-electron chi connectivity index (χ2n) is 10.9. The van der Waals surface area contributed by atoms with Crippen molar-refractivity contribution in [2.24, 2.45) is 11.3 Å². The van der Waals surface area contributed by atoms with Crippen LogP contribution in [0.3, 0.4) is 0 Å². The zero-order valence-corrected chi connectivity index (χ0v) is 21.2. The molecule has 0 saturated carbocycles. The first-order chi connectivity index (χ1) is 16.2. The smallest absolute Gasteiger partial charge is 0.245 e. The molecule has 1 spiro atoms. The van der Waals surface area contributed by atoms with E-state index in [0.717, 1.165) is 75.7 Å². The molecule has 2 amide bonds. The Kier molecular flexibility index (Phi) is 7.14. The van der Waals surface area contributed by atoms with Crippen LogP contribution in [0.5, 0.6) is 0 Å². The monoisotopic (exact) mass is 468 g/mol. The SMILES string of the molecule is C=CC(=O)N1CC2(CCN(c3nc(NC(CC(=O)NC)CC(C)C)c4c(n3)[C@@H](C)CCC4)C2)C1. The van der Waals surface area contributed by atoms with Crippen molar-refractivity contribution in [3.63, 3.8) is 0 Å². The normalized spacial score (nSPS) is 21.7. The number of nitrogens with one attached hydrogen (secondary N) is 2. The van der Waals surface area contributed by atoms with Gasteiger partial charge in [-0.05, 0) is 50.0 Å². The van der Waals surface area contributed by atoms with Crippen LogP contribution >= 0.6 is 0 Å². The fourth-order valence-electron chi connectivity index (χ4n) is 5.82. The summed E-state index contributed by atoms with van der Waals surface area (Å²) in [5.74, 6) is 2.61. The number of carbonyl (C=O) groups is 2. The molecule has 1 aromatic rings. The Labute approximate surface area is 203 Å². The Morgan fingerprint density at radius 3 is 2.71 bits per heavy atom. The molecule has 4 rings (SSSR count). The summed E-state index contributed by atoms with van der Waals surface area (Å²) in [5, 5.41) is 6.43. The van der Waals surface area contributed by atoms with Crippen LogP contribution in [0.2, 0.25) is 0 Å². The molecule has 2 aliphatic heterocycles. The number of fused-ring (bicyclic) bond motifs is 1. The summed E-state index contributed by atoms with van der Waals surface area (Å²) < 4.78 is 0. The molecule has 2 atom stereocenters. The first kappa shape index (κ1) is 24.5. The van der Waals surface area contributed by atoms with E-state index in [1.54, 1.807) is 7.05 Å². The molecule has 1 aliphatic carbocycles. The molecule has 3 aliphatic rings. The first-order valence-corrected chi connectivity index (χ1v) is 12.8. The highest BCUT2D eigenvalue weighted by atomic mass is 16.2. The lowest BCUT2D eigenvalue weighted by atomic mass is 9.79. The summed E-state index contributed by atoms with van der Waals surface area (Å²) in [6.45, 7) is 13.6. The third-order valence-corrected chi connectivity index (χ3v) is 7.63. The zero-order chi connectivity index (χ0) is 24.5. The molecule has 0 bridgehead atoms. The largest absolute Gasteiger partial charge is 0.366 e. The topological polar surface area (TPSA) is 90.5 Å². The lowest BCUT2D eigenvalue weighted by molar-refractivity contribution is -0.136. The number of hydrogen-bond acceptors (Lipinski definition) is 6. The van der Waals surface area contributed by atoms with Crippen LogP contribution in [0.15, 0.2) is 12.7 Å². The van der Waals surface area contributed by atoms with Gasteiger partial charge >= 0.3 is 0 Å². The average Bonchev–Trinajstić information content (AvgIpc) is 3.23. The lowest BCUT2D eigenvalue weighted by Gasteiger charge is -2.47. The molecule has 2 saturated heterocycles. The number of nitrogens with zero attached hydrogens (tertiary/aromatic N) is 4. The van der Waals surface area contributed by atoms with Gasteiger partial charge in [0.25, 0.3) is 0 Å². The zero-order valence-electron chi connectivity index (χ0n) is 21.2. The van der Waals surface area contributed by atoms with E-state index >= 15 is 0 Å². The molecule has 2 N–H and O–H groups in total. The molecular weight excluding hydrogens is 428 g/mol. The summed E-state index contributed by atoms with van der Waals surface area (Å²) in [6.07, 6.45) is 7.01. The molecule has 0 radical (unpaired) electrons. The molecular formula is C26H40N6O2. The Bertz CT molecular complexity index is 939. The van der Waals surface area contributed by atoms with Gasteiger partial charge in [-0.3, -0.25) is 9.59 Å². The van der Waals surface area contributed by atoms with Crippen molar-refractivity contribution in [1.29, 1.82) is 0 Å². The van der Waals surface area contributed by atoms with Crippen LogP contribution in [0.4, 0.5) is 11.8 Å². The van der Waals surface area contributed by atoms with Gasteiger partial charge in [0.1, 0.15) is 5.82 Å². The van der Waals surface area contributed by atoms with Gasteiger partial charge in [-0.1, -0.05) is 27.4 Å². The van der Waals surface area contributed by atoms with Crippen LogP contribution in [0.25, 0.3) is 0 Å². The minimum absolute atomic E-state index is 0.0155. The highest BCUT2D eigenvalue weighted by Gasteiger charge is 2.49. The van der Waals surface area contributed by atoms with Gasteiger partial charge in [0.15, 0.2) is 0 Å². The molecule has 1 aromatic heterocycles. The third kappa shape index (κ3) is 5.05. The van der Waals surface area contributed by atoms with E-state index in [-0.39, 0.29) is 23.3 Å². The number of rotatable bonds is 8. The summed E-state index contributed by atoms with van der Waals surface area (Å²) in [7, 11) is 1.69. The van der Waals surface area contributed by atoms with Gasteiger partial charge in [0, 0.05) is 56.7 Å². The van der Waals surface area contributed by atoms with E-state index in [0.29, 0.717) is 18.3 Å². The molecule has 1 unspecified atom stereocenters. The standard InChI is InChI=1S/C26H40N6O2/c1-6-22(34)32-15-26(16-32)10-11-31(14-26)25-29-23-18(4)8-7-9-20(23)24(30-25)28-19(12-17(2)3)13-21(33)27-5/h6,17-19H,1,7-16H2,2-5H3,(H,27,33)(H,28,29,30)/t18-,19?/m0/s1. The summed E-state index contributed by atoms with van der Waals surface area (Å²) >= 11 is 0. The van der Waals surface area contributed by atoms with Crippen LogP contribution in [0.1, 0.15) is 70.1 Å². The second kappa shape index (κ2) is 9.92. The lowest BCUT2D eigenvalue weighted by Crippen LogP contribution is -2.59. The van der Waals surface area contributed by atoms with E-state index in [4.69, 9.17) is 9.97 Å². The number of likely N-dealkylation sites (tertiary alicyclic amines) is 1. The van der Waals surface area contributed by atoms with Crippen molar-refractivity contribution >= 4 is 23.6 Å². The molecule has 3 heterocycles. The molecule has 0 aromatic carbocycles. The number of carbonyl (C=O) groups excluding carboxylic acids is 2. The number of aromatic nitrogens is 2. The van der Waals surface area contributed by atoms with Crippen LogP contribution in [0, 0.1) is 11.3 Å². The Hall–Kier alpha value is -2.64. The predicted molar refractivity (Wildman–Crippen MR) is 135 cm³/mol. The third-order valence-electron chi connectivity index (χ3n) is 7.63. The molecule has 8 nitrogen and oxygen atoms in total. The fourth-order valence-corrected chi connectivity index (χ4v) is 5.82. The van der Waals surface area contributed by atoms with Gasteiger partial charge in [0.05, 0.1) is 5.69 Å². The van der Waals surface area contributed by atoms with Gasteiger partial charge in [0.2, 0.25) is 17.8 Å². The van der Waals surface area contributed by atoms with Gasteiger partial charge in [-0.15, -0.1) is 0 Å². The highest BCUT2D eigenvalue weighted by molar-refractivity contribution is 5.87. The van der Waals surface area contributed by atoms with E-state index < -0.39 is 0 Å². The highest BCUT2D eigenvalue weighted by Crippen LogP contribution is 2.42. The minimum atomic E-state index is 0.0155. The van der Waals surface area contributed by atoms with E-state index in [9.17, 15) is 9.59 Å². The summed E-state index contributed by atoms with van der Waals surface area (Å²) in [6, 6.07) is 0.0269. The molecule has 186 valence electrons. The van der Waals surface area contributed by atoms with E-state index in [2.05, 4.69) is 42.9 Å². The maximum Gasteiger partial charge on any atom is 0.245 e. The van der Waals surface area contributed by atoms with Crippen LogP contribution in [-0.2, 0) is 16.0 Å². The van der Waals surface area contributed by atoms with Crippen molar-refractivity contribution in [1.82, 2.24) is 20.2 Å². The van der Waals surface area contributed by atoms with Crippen molar-refractivity contribution in [3.05, 3.63) is 23.9 Å². The van der Waals surface area contributed by atoms with Gasteiger partial charge < -0.3 is 20.4 Å². The maximum absolute atomic E-state index is 12.2. The number of amides is 2. The number of anilines is 2. The number of hydrogen-bond donors (Lipinski definition) is 2. The van der Waals surface area contributed by atoms with Crippen LogP contribution in [-0.4, -0.2) is 66.0 Å². The van der Waals surface area contributed by atoms with Crippen molar-refractivity contribution in [3.8, 4) is 0 Å². The molecule has 34 heavy (non-hydrogen) atoms. The van der Waals surface area contributed by atoms with Crippen molar-refractivity contribution in [2.45, 2.75) is 71.3 Å². The Balaban J connectivity index is 1.58. The van der Waals surface area contributed by atoms with Crippen molar-refractivity contribution in [2.75, 3.05) is 43.4 Å². The van der Waals surface area contributed by atoms with E-state index in [1.807, 2.05) is 4.90 Å². The molecule has 8 heteroatoms. The second-order valence-corrected chi connectivity index (χ2v) is 10.9. The minimum Gasteiger partial charge on any atom is -0.366 e. The Morgan fingerprint density at radius 2 is 2.03 bits per heavy atom. The Morgan fingerprint density at radius 1 is 1.26 bits per heavy atom. The fraction of sp³-hybridized carbons (Fsp3) is 0.692. The van der Waals surface area contributed by atoms with Crippen LogP contribution < -0.4 is 15.5 Å². The van der Waals surface area contributed by atoms with E-state index in [1.165, 1.54) is 11.6 Å².